The fourth-order valence-corrected chi connectivity index (χ4v) is 2.37. The van der Waals surface area contributed by atoms with Crippen LogP contribution in [0.3, 0.4) is 0 Å². The van der Waals surface area contributed by atoms with E-state index >= 15 is 0 Å². The number of benzene rings is 1. The van der Waals surface area contributed by atoms with Gasteiger partial charge in [0.1, 0.15) is 10.6 Å². The molecule has 0 unspecified atom stereocenters. The lowest BCUT2D eigenvalue weighted by Gasteiger charge is -2.07. The van der Waals surface area contributed by atoms with E-state index < -0.39 is 10.1 Å². The van der Waals surface area contributed by atoms with Gasteiger partial charge in [-0.1, -0.05) is 23.2 Å². The maximum atomic E-state index is 11.9. The van der Waals surface area contributed by atoms with Crippen LogP contribution in [0, 0.1) is 0 Å². The molecule has 1 aromatic carbocycles. The molecule has 0 fully saturated rings. The first-order valence-electron chi connectivity index (χ1n) is 4.78. The molecule has 18 heavy (non-hydrogen) atoms. The normalized spacial score (nSPS) is 11.2. The summed E-state index contributed by atoms with van der Waals surface area (Å²) in [6.07, 6.45) is 2.67. The van der Waals surface area contributed by atoms with Crippen molar-refractivity contribution in [3.63, 3.8) is 0 Å². The molecule has 1 heterocycles. The molecule has 7 heteroatoms. The van der Waals surface area contributed by atoms with Crippen LogP contribution in [-0.2, 0) is 10.1 Å². The maximum Gasteiger partial charge on any atom is 0.340 e. The molecule has 0 aliphatic heterocycles. The number of nitrogens with zero attached hydrogens (tertiary/aromatic N) is 1. The Morgan fingerprint density at radius 1 is 1.11 bits per heavy atom. The first-order chi connectivity index (χ1) is 8.49. The molecule has 0 saturated heterocycles. The fraction of sp³-hybridized carbons (Fsp3) is 0. The van der Waals surface area contributed by atoms with Gasteiger partial charge in [0, 0.05) is 18.5 Å². The van der Waals surface area contributed by atoms with Gasteiger partial charge in [0.2, 0.25) is 0 Å². The van der Waals surface area contributed by atoms with E-state index in [1.165, 1.54) is 42.7 Å². The molecule has 0 atom stereocenters. The van der Waals surface area contributed by atoms with E-state index in [1.54, 1.807) is 0 Å². The van der Waals surface area contributed by atoms with Gasteiger partial charge in [-0.15, -0.1) is 0 Å². The highest BCUT2D eigenvalue weighted by atomic mass is 35.5. The summed E-state index contributed by atoms with van der Waals surface area (Å²) in [5.41, 5.74) is 0. The number of aromatic nitrogens is 1. The van der Waals surface area contributed by atoms with Crippen molar-refractivity contribution in [3.8, 4) is 5.75 Å². The van der Waals surface area contributed by atoms with Crippen LogP contribution in [0.4, 0.5) is 0 Å². The van der Waals surface area contributed by atoms with Crippen molar-refractivity contribution in [2.24, 2.45) is 0 Å². The van der Waals surface area contributed by atoms with Gasteiger partial charge in [0.25, 0.3) is 0 Å². The Kier molecular flexibility index (Phi) is 3.75. The average Bonchev–Trinajstić information content (AvgIpc) is 2.35. The number of halogens is 2. The molecule has 2 rings (SSSR count). The summed E-state index contributed by atoms with van der Waals surface area (Å²) in [5, 5.41) is 0.540. The van der Waals surface area contributed by atoms with Gasteiger partial charge in [0.15, 0.2) is 0 Å². The Morgan fingerprint density at radius 2 is 1.89 bits per heavy atom. The molecule has 0 bridgehead atoms. The van der Waals surface area contributed by atoms with Gasteiger partial charge in [-0.2, -0.15) is 8.42 Å². The van der Waals surface area contributed by atoms with E-state index in [-0.39, 0.29) is 15.7 Å². The molecule has 0 radical (unpaired) electrons. The summed E-state index contributed by atoms with van der Waals surface area (Å²) in [5.74, 6) is 0.0910. The molecule has 94 valence electrons. The van der Waals surface area contributed by atoms with E-state index in [9.17, 15) is 8.42 Å². The standard InChI is InChI=1S/C11H7Cl2NO3S/c12-10-4-3-8(6-11(10)13)17-18(15,16)9-2-1-5-14-7-9/h1-7H. The molecule has 0 saturated carbocycles. The Morgan fingerprint density at radius 3 is 2.50 bits per heavy atom. The lowest BCUT2D eigenvalue weighted by Crippen LogP contribution is -2.09. The minimum Gasteiger partial charge on any atom is -0.379 e. The van der Waals surface area contributed by atoms with Crippen molar-refractivity contribution in [1.29, 1.82) is 0 Å². The third-order valence-electron chi connectivity index (χ3n) is 2.02. The minimum atomic E-state index is -3.91. The van der Waals surface area contributed by atoms with Crippen LogP contribution < -0.4 is 4.18 Å². The highest BCUT2D eigenvalue weighted by molar-refractivity contribution is 7.87. The molecule has 4 nitrogen and oxygen atoms in total. The summed E-state index contributed by atoms with van der Waals surface area (Å²) in [6, 6.07) is 7.10. The van der Waals surface area contributed by atoms with Crippen LogP contribution >= 0.6 is 23.2 Å². The first-order valence-corrected chi connectivity index (χ1v) is 6.95. The molecular weight excluding hydrogens is 297 g/mol. The van der Waals surface area contributed by atoms with Crippen LogP contribution in [0.1, 0.15) is 0 Å². The molecule has 0 aliphatic carbocycles. The van der Waals surface area contributed by atoms with Crippen LogP contribution in [0.25, 0.3) is 0 Å². The second-order valence-electron chi connectivity index (χ2n) is 3.30. The zero-order chi connectivity index (χ0) is 13.2. The average molecular weight is 304 g/mol. The van der Waals surface area contributed by atoms with Crippen molar-refractivity contribution in [2.45, 2.75) is 4.90 Å². The van der Waals surface area contributed by atoms with Crippen molar-refractivity contribution < 1.29 is 12.6 Å². The Hall–Kier alpha value is -1.30. The van der Waals surface area contributed by atoms with Gasteiger partial charge < -0.3 is 4.18 Å². The van der Waals surface area contributed by atoms with Crippen molar-refractivity contribution in [3.05, 3.63) is 52.8 Å². The van der Waals surface area contributed by atoms with Crippen LogP contribution in [0.2, 0.25) is 10.0 Å². The van der Waals surface area contributed by atoms with Gasteiger partial charge in [-0.3, -0.25) is 4.98 Å². The van der Waals surface area contributed by atoms with E-state index in [4.69, 9.17) is 27.4 Å². The largest absolute Gasteiger partial charge is 0.379 e. The van der Waals surface area contributed by atoms with Gasteiger partial charge in [-0.25, -0.2) is 0 Å². The summed E-state index contributed by atoms with van der Waals surface area (Å²) in [4.78, 5) is 3.69. The Labute approximate surface area is 114 Å². The molecule has 0 spiro atoms. The molecule has 2 aromatic rings. The van der Waals surface area contributed by atoms with E-state index in [1.807, 2.05) is 0 Å². The number of hydrogen-bond acceptors (Lipinski definition) is 4. The van der Waals surface area contributed by atoms with Crippen molar-refractivity contribution in [1.82, 2.24) is 4.98 Å². The lowest BCUT2D eigenvalue weighted by atomic mass is 10.3. The van der Waals surface area contributed by atoms with Crippen molar-refractivity contribution in [2.75, 3.05) is 0 Å². The molecule has 0 N–H and O–H groups in total. The topological polar surface area (TPSA) is 56.3 Å². The van der Waals surface area contributed by atoms with E-state index in [0.717, 1.165) is 0 Å². The van der Waals surface area contributed by atoms with Gasteiger partial charge in [0.05, 0.1) is 10.0 Å². The smallest absolute Gasteiger partial charge is 0.340 e. The second kappa shape index (κ2) is 5.14. The first kappa shape index (κ1) is 13.1. The molecular formula is C11H7Cl2NO3S. The highest BCUT2D eigenvalue weighted by Crippen LogP contribution is 2.27. The lowest BCUT2D eigenvalue weighted by molar-refractivity contribution is 0.485. The van der Waals surface area contributed by atoms with Gasteiger partial charge in [-0.05, 0) is 24.3 Å². The van der Waals surface area contributed by atoms with Crippen LogP contribution in [-0.4, -0.2) is 13.4 Å². The van der Waals surface area contributed by atoms with Crippen molar-refractivity contribution >= 4 is 33.3 Å². The fourth-order valence-electron chi connectivity index (χ4n) is 1.20. The van der Waals surface area contributed by atoms with Crippen LogP contribution in [0.15, 0.2) is 47.6 Å². The SMILES string of the molecule is O=S(=O)(Oc1ccc(Cl)c(Cl)c1)c1cccnc1. The predicted molar refractivity (Wildman–Crippen MR) is 68.5 cm³/mol. The number of pyridine rings is 1. The zero-order valence-corrected chi connectivity index (χ0v) is 11.2. The molecule has 0 aliphatic rings. The highest BCUT2D eigenvalue weighted by Gasteiger charge is 2.17. The minimum absolute atomic E-state index is 0.0314. The maximum absolute atomic E-state index is 11.9. The Bertz CT molecular complexity index is 659. The Balaban J connectivity index is 2.31. The van der Waals surface area contributed by atoms with Crippen LogP contribution in [0.5, 0.6) is 5.75 Å². The summed E-state index contributed by atoms with van der Waals surface area (Å²) < 4.78 is 28.6. The number of hydrogen-bond donors (Lipinski definition) is 0. The number of rotatable bonds is 3. The summed E-state index contributed by atoms with van der Waals surface area (Å²) in [6.45, 7) is 0. The molecule has 0 amide bonds. The van der Waals surface area contributed by atoms with E-state index in [0.29, 0.717) is 5.02 Å². The van der Waals surface area contributed by atoms with Gasteiger partial charge >= 0.3 is 10.1 Å². The third kappa shape index (κ3) is 2.93. The quantitative estimate of drug-likeness (QED) is 0.817. The van der Waals surface area contributed by atoms with E-state index in [2.05, 4.69) is 4.98 Å². The monoisotopic (exact) mass is 303 g/mol. The predicted octanol–water partition coefficient (Wildman–Crippen LogP) is 3.16. The summed E-state index contributed by atoms with van der Waals surface area (Å²) in [7, 11) is -3.91. The zero-order valence-electron chi connectivity index (χ0n) is 8.88. The third-order valence-corrected chi connectivity index (χ3v) is 3.99. The second-order valence-corrected chi connectivity index (χ2v) is 5.66. The molecule has 1 aromatic heterocycles. The summed E-state index contributed by atoms with van der Waals surface area (Å²) >= 11 is 11.5.